The summed E-state index contributed by atoms with van der Waals surface area (Å²) in [6, 6.07) is 10.8. The Bertz CT molecular complexity index is 963. The second-order valence-electron chi connectivity index (χ2n) is 5.83. The average Bonchev–Trinajstić information content (AvgIpc) is 2.91. The van der Waals surface area contributed by atoms with E-state index in [1.807, 2.05) is 19.1 Å². The average molecular weight is 530 g/mol. The molecule has 0 N–H and O–H groups in total. The molecule has 2 aromatic carbocycles. The standard InChI is InChI=1S/C20H17ClINO4S/c1-3-27-16-9-12(8-15(22)18(16)26-2)10-17-19(24)23(20(25)28-17)11-13-6-4-5-7-14(13)21/h4-10H,3,11H2,1-2H3/b17-10-. The van der Waals surface area contributed by atoms with Crippen molar-refractivity contribution in [2.24, 2.45) is 0 Å². The Morgan fingerprint density at radius 2 is 2.00 bits per heavy atom. The van der Waals surface area contributed by atoms with Gasteiger partial charge in [-0.1, -0.05) is 29.8 Å². The fourth-order valence-electron chi connectivity index (χ4n) is 2.72. The van der Waals surface area contributed by atoms with Crippen molar-refractivity contribution < 1.29 is 19.1 Å². The number of thioether (sulfide) groups is 1. The molecule has 3 rings (SSSR count). The van der Waals surface area contributed by atoms with E-state index in [4.69, 9.17) is 21.1 Å². The van der Waals surface area contributed by atoms with Crippen molar-refractivity contribution >= 4 is 63.2 Å². The number of hydrogen-bond donors (Lipinski definition) is 0. The Balaban J connectivity index is 1.88. The highest BCUT2D eigenvalue weighted by molar-refractivity contribution is 14.1. The first-order valence-corrected chi connectivity index (χ1v) is 10.7. The number of nitrogens with zero attached hydrogens (tertiary/aromatic N) is 1. The maximum Gasteiger partial charge on any atom is 0.293 e. The van der Waals surface area contributed by atoms with Gasteiger partial charge in [0, 0.05) is 5.02 Å². The summed E-state index contributed by atoms with van der Waals surface area (Å²) in [7, 11) is 1.58. The number of ether oxygens (including phenoxy) is 2. The molecule has 1 fully saturated rings. The van der Waals surface area contributed by atoms with Crippen LogP contribution in [-0.4, -0.2) is 29.8 Å². The van der Waals surface area contributed by atoms with E-state index >= 15 is 0 Å². The third kappa shape index (κ3) is 4.47. The van der Waals surface area contributed by atoms with Gasteiger partial charge in [0.15, 0.2) is 11.5 Å². The highest BCUT2D eigenvalue weighted by atomic mass is 127. The van der Waals surface area contributed by atoms with Crippen LogP contribution in [0, 0.1) is 3.57 Å². The van der Waals surface area contributed by atoms with Crippen molar-refractivity contribution in [3.05, 3.63) is 61.0 Å². The molecule has 0 aromatic heterocycles. The number of hydrogen-bond acceptors (Lipinski definition) is 5. The van der Waals surface area contributed by atoms with Crippen molar-refractivity contribution in [2.45, 2.75) is 13.5 Å². The summed E-state index contributed by atoms with van der Waals surface area (Å²) in [5.74, 6) is 0.906. The van der Waals surface area contributed by atoms with Gasteiger partial charge in [-0.2, -0.15) is 0 Å². The maximum atomic E-state index is 12.8. The summed E-state index contributed by atoms with van der Waals surface area (Å²) in [6.07, 6.45) is 1.70. The molecule has 0 aliphatic carbocycles. The first-order valence-electron chi connectivity index (χ1n) is 8.43. The van der Waals surface area contributed by atoms with E-state index in [-0.39, 0.29) is 17.7 Å². The fourth-order valence-corrected chi connectivity index (χ4v) is 4.60. The molecule has 5 nitrogen and oxygen atoms in total. The lowest BCUT2D eigenvalue weighted by Crippen LogP contribution is -2.27. The van der Waals surface area contributed by atoms with E-state index in [1.165, 1.54) is 4.90 Å². The second-order valence-corrected chi connectivity index (χ2v) is 8.39. The molecule has 0 radical (unpaired) electrons. The number of imide groups is 1. The van der Waals surface area contributed by atoms with Crippen LogP contribution in [0.4, 0.5) is 4.79 Å². The Morgan fingerprint density at radius 3 is 2.68 bits per heavy atom. The van der Waals surface area contributed by atoms with E-state index in [2.05, 4.69) is 22.6 Å². The normalized spacial score (nSPS) is 15.4. The Labute approximate surface area is 186 Å². The summed E-state index contributed by atoms with van der Waals surface area (Å²) in [6.45, 7) is 2.52. The van der Waals surface area contributed by atoms with Crippen LogP contribution in [0.15, 0.2) is 41.3 Å². The predicted molar refractivity (Wildman–Crippen MR) is 120 cm³/mol. The minimum Gasteiger partial charge on any atom is -0.492 e. The number of rotatable bonds is 6. The van der Waals surface area contributed by atoms with Gasteiger partial charge >= 0.3 is 0 Å². The molecule has 1 heterocycles. The molecule has 1 aliphatic heterocycles. The molecule has 2 amide bonds. The molecule has 0 saturated carbocycles. The highest BCUT2D eigenvalue weighted by Gasteiger charge is 2.35. The van der Waals surface area contributed by atoms with Crippen LogP contribution < -0.4 is 9.47 Å². The predicted octanol–water partition coefficient (Wildman–Crippen LogP) is 5.59. The van der Waals surface area contributed by atoms with E-state index in [1.54, 1.807) is 37.5 Å². The number of carbonyl (C=O) groups is 2. The van der Waals surface area contributed by atoms with E-state index in [0.29, 0.717) is 28.0 Å². The molecule has 1 aliphatic rings. The van der Waals surface area contributed by atoms with Crippen LogP contribution in [0.3, 0.4) is 0 Å². The van der Waals surface area contributed by atoms with Crippen LogP contribution in [-0.2, 0) is 11.3 Å². The van der Waals surface area contributed by atoms with Gasteiger partial charge in [0.2, 0.25) is 0 Å². The summed E-state index contributed by atoms with van der Waals surface area (Å²) in [5.41, 5.74) is 1.49. The Morgan fingerprint density at radius 1 is 1.25 bits per heavy atom. The Kier molecular flexibility index (Phi) is 6.90. The quantitative estimate of drug-likeness (QED) is 0.361. The maximum absolute atomic E-state index is 12.8. The van der Waals surface area contributed by atoms with Gasteiger partial charge in [0.05, 0.1) is 28.7 Å². The Hall–Kier alpha value is -1.71. The molecule has 0 atom stereocenters. The van der Waals surface area contributed by atoms with Gasteiger partial charge in [0.1, 0.15) is 0 Å². The molecular formula is C20H17ClINO4S. The van der Waals surface area contributed by atoms with Crippen LogP contribution in [0.5, 0.6) is 11.5 Å². The lowest BCUT2D eigenvalue weighted by Gasteiger charge is -2.13. The molecule has 28 heavy (non-hydrogen) atoms. The van der Waals surface area contributed by atoms with Crippen LogP contribution in [0.2, 0.25) is 5.02 Å². The monoisotopic (exact) mass is 529 g/mol. The minimum atomic E-state index is -0.335. The molecule has 8 heteroatoms. The molecule has 0 unspecified atom stereocenters. The van der Waals surface area contributed by atoms with Gasteiger partial charge < -0.3 is 9.47 Å². The van der Waals surface area contributed by atoms with Gasteiger partial charge in [-0.05, 0) is 76.7 Å². The molecule has 146 valence electrons. The van der Waals surface area contributed by atoms with Crippen LogP contribution in [0.25, 0.3) is 6.08 Å². The van der Waals surface area contributed by atoms with Gasteiger partial charge in [-0.25, -0.2) is 0 Å². The molecule has 0 spiro atoms. The van der Waals surface area contributed by atoms with Crippen LogP contribution in [0.1, 0.15) is 18.1 Å². The zero-order chi connectivity index (χ0) is 20.3. The number of carbonyl (C=O) groups excluding carboxylic acids is 2. The van der Waals surface area contributed by atoms with Crippen molar-refractivity contribution in [3.63, 3.8) is 0 Å². The van der Waals surface area contributed by atoms with Crippen LogP contribution >= 0.6 is 46.0 Å². The lowest BCUT2D eigenvalue weighted by atomic mass is 10.1. The number of methoxy groups -OCH3 is 1. The highest BCUT2D eigenvalue weighted by Crippen LogP contribution is 2.37. The van der Waals surface area contributed by atoms with E-state index < -0.39 is 0 Å². The largest absolute Gasteiger partial charge is 0.492 e. The summed E-state index contributed by atoms with van der Waals surface area (Å²) < 4.78 is 11.9. The summed E-state index contributed by atoms with van der Waals surface area (Å²) >= 11 is 9.23. The molecular weight excluding hydrogens is 513 g/mol. The number of benzene rings is 2. The van der Waals surface area contributed by atoms with E-state index in [0.717, 1.165) is 26.5 Å². The zero-order valence-electron chi connectivity index (χ0n) is 15.2. The minimum absolute atomic E-state index is 0.145. The van der Waals surface area contributed by atoms with Crippen molar-refractivity contribution in [1.82, 2.24) is 4.90 Å². The lowest BCUT2D eigenvalue weighted by molar-refractivity contribution is -0.123. The third-order valence-corrected chi connectivity index (χ3v) is 6.07. The summed E-state index contributed by atoms with van der Waals surface area (Å²) in [4.78, 5) is 26.7. The van der Waals surface area contributed by atoms with Gasteiger partial charge in [-0.15, -0.1) is 0 Å². The topological polar surface area (TPSA) is 55.8 Å². The van der Waals surface area contributed by atoms with E-state index in [9.17, 15) is 9.59 Å². The molecule has 1 saturated heterocycles. The van der Waals surface area contributed by atoms with Crippen molar-refractivity contribution in [1.29, 1.82) is 0 Å². The summed E-state index contributed by atoms with van der Waals surface area (Å²) in [5, 5.41) is 0.209. The first kappa shape index (κ1) is 21.0. The van der Waals surface area contributed by atoms with Crippen molar-refractivity contribution in [2.75, 3.05) is 13.7 Å². The van der Waals surface area contributed by atoms with Gasteiger partial charge in [-0.3, -0.25) is 14.5 Å². The first-order chi connectivity index (χ1) is 13.4. The molecule has 2 aromatic rings. The number of amides is 2. The fraction of sp³-hybridized carbons (Fsp3) is 0.200. The third-order valence-electron chi connectivity index (χ3n) is 3.99. The van der Waals surface area contributed by atoms with Crippen molar-refractivity contribution in [3.8, 4) is 11.5 Å². The number of halogens is 2. The zero-order valence-corrected chi connectivity index (χ0v) is 18.9. The molecule has 0 bridgehead atoms. The van der Waals surface area contributed by atoms with Gasteiger partial charge in [0.25, 0.3) is 11.1 Å². The second kappa shape index (κ2) is 9.19. The SMILES string of the molecule is CCOc1cc(/C=C2\SC(=O)N(Cc3ccccc3Cl)C2=O)cc(I)c1OC. The smallest absolute Gasteiger partial charge is 0.293 e.